The van der Waals surface area contributed by atoms with Gasteiger partial charge >= 0.3 is 0 Å². The number of nitrogens with zero attached hydrogens (tertiary/aromatic N) is 3. The minimum atomic E-state index is 0.0371. The van der Waals surface area contributed by atoms with Crippen LogP contribution in [0.1, 0.15) is 54.2 Å². The quantitative estimate of drug-likeness (QED) is 0.178. The molecule has 13 rings (SSSR count). The van der Waals surface area contributed by atoms with Crippen LogP contribution < -0.4 is 0 Å². The normalized spacial score (nSPS) is 18.5. The molecule has 11 aromatic rings. The Morgan fingerprint density at radius 1 is 0.532 bits per heavy atom. The van der Waals surface area contributed by atoms with Crippen molar-refractivity contribution in [1.82, 2.24) is 4.57 Å². The van der Waals surface area contributed by atoms with Gasteiger partial charge in [0.25, 0.3) is 0 Å². The first-order valence-electron chi connectivity index (χ1n) is 21.9. The van der Waals surface area contributed by atoms with Gasteiger partial charge in [0.15, 0.2) is 5.84 Å². The molecule has 1 aliphatic carbocycles. The van der Waals surface area contributed by atoms with Crippen molar-refractivity contribution >= 4 is 93.5 Å². The molecule has 5 nitrogen and oxygen atoms in total. The fourth-order valence-electron chi connectivity index (χ4n) is 10.4. The Bertz CT molecular complexity index is 3750. The summed E-state index contributed by atoms with van der Waals surface area (Å²) in [5.74, 6) is 1.78. The highest BCUT2D eigenvalue weighted by atomic mass is 16.3. The maximum atomic E-state index is 6.94. The van der Waals surface area contributed by atoms with E-state index in [2.05, 4.69) is 163 Å². The molecule has 1 aliphatic heterocycles. The van der Waals surface area contributed by atoms with Gasteiger partial charge in [0.1, 0.15) is 22.5 Å². The highest BCUT2D eigenvalue weighted by molar-refractivity contribution is 6.23. The summed E-state index contributed by atoms with van der Waals surface area (Å²) < 4.78 is 16.1. The topological polar surface area (TPSA) is 55.9 Å². The second-order valence-corrected chi connectivity index (χ2v) is 17.1. The molecule has 5 heteroatoms. The predicted molar refractivity (Wildman–Crippen MR) is 257 cm³/mol. The van der Waals surface area contributed by atoms with Crippen LogP contribution in [0.4, 0.5) is 0 Å². The number of aryl methyl sites for hydroxylation is 2. The summed E-state index contributed by atoms with van der Waals surface area (Å²) in [4.78, 5) is 11.4. The highest BCUT2D eigenvalue weighted by Gasteiger charge is 2.28. The molecular formula is C57H41N3O2. The number of aromatic nitrogens is 1. The Morgan fingerprint density at radius 3 is 2.15 bits per heavy atom. The molecule has 0 N–H and O–H groups in total. The molecule has 3 aromatic heterocycles. The lowest BCUT2D eigenvalue weighted by atomic mass is 9.87. The highest BCUT2D eigenvalue weighted by Crippen LogP contribution is 2.42. The number of fused-ring (bicyclic) bond motifs is 11. The number of hydrogen-bond donors (Lipinski definition) is 0. The van der Waals surface area contributed by atoms with Crippen molar-refractivity contribution in [3.63, 3.8) is 0 Å². The van der Waals surface area contributed by atoms with Crippen LogP contribution in [0.25, 0.3) is 87.6 Å². The first-order valence-corrected chi connectivity index (χ1v) is 21.9. The second-order valence-electron chi connectivity index (χ2n) is 17.1. The zero-order chi connectivity index (χ0) is 40.9. The van der Waals surface area contributed by atoms with Crippen molar-refractivity contribution in [3.05, 3.63) is 192 Å². The van der Waals surface area contributed by atoms with E-state index >= 15 is 0 Å². The smallest absolute Gasteiger partial charge is 0.163 e. The minimum Gasteiger partial charge on any atom is -0.461 e. The van der Waals surface area contributed by atoms with Crippen LogP contribution >= 0.6 is 0 Å². The fourth-order valence-corrected chi connectivity index (χ4v) is 10.4. The average molecular weight is 800 g/mol. The van der Waals surface area contributed by atoms with Crippen molar-refractivity contribution in [2.75, 3.05) is 0 Å². The van der Waals surface area contributed by atoms with E-state index in [0.29, 0.717) is 5.84 Å². The number of benzene rings is 8. The summed E-state index contributed by atoms with van der Waals surface area (Å²) >= 11 is 0. The third-order valence-electron chi connectivity index (χ3n) is 13.4. The van der Waals surface area contributed by atoms with Gasteiger partial charge < -0.3 is 13.4 Å². The van der Waals surface area contributed by atoms with E-state index in [1.807, 2.05) is 12.1 Å². The molecule has 0 saturated carbocycles. The summed E-state index contributed by atoms with van der Waals surface area (Å²) in [5.41, 5.74) is 12.2. The molecule has 0 amide bonds. The largest absolute Gasteiger partial charge is 0.461 e. The van der Waals surface area contributed by atoms with Crippen molar-refractivity contribution in [3.8, 4) is 5.69 Å². The number of amidine groups is 1. The van der Waals surface area contributed by atoms with Gasteiger partial charge in [-0.1, -0.05) is 128 Å². The van der Waals surface area contributed by atoms with Crippen LogP contribution in [0.15, 0.2) is 183 Å². The Hall–Kier alpha value is -7.50. The van der Waals surface area contributed by atoms with Gasteiger partial charge in [-0.25, -0.2) is 9.98 Å². The van der Waals surface area contributed by atoms with Crippen LogP contribution in [0, 0.1) is 5.92 Å². The van der Waals surface area contributed by atoms with Gasteiger partial charge in [-0.15, -0.1) is 0 Å². The zero-order valence-corrected chi connectivity index (χ0v) is 34.4. The molecule has 1 atom stereocenters. The van der Waals surface area contributed by atoms with Crippen molar-refractivity contribution in [2.45, 2.75) is 39.0 Å². The Balaban J connectivity index is 1.11. The lowest BCUT2D eigenvalue weighted by molar-refractivity contribution is 0.506. The van der Waals surface area contributed by atoms with Crippen LogP contribution in [0.3, 0.4) is 0 Å². The van der Waals surface area contributed by atoms with Crippen LogP contribution in [-0.4, -0.2) is 16.1 Å². The number of furan rings is 2. The molecule has 0 unspecified atom stereocenters. The molecule has 62 heavy (non-hydrogen) atoms. The Kier molecular flexibility index (Phi) is 7.83. The molecule has 0 saturated heterocycles. The van der Waals surface area contributed by atoms with Crippen LogP contribution in [0.5, 0.6) is 0 Å². The number of allylic oxidation sites excluding steroid dienone is 1. The Morgan fingerprint density at radius 2 is 1.24 bits per heavy atom. The summed E-state index contributed by atoms with van der Waals surface area (Å²) in [5, 5.41) is 10.6. The van der Waals surface area contributed by atoms with E-state index in [1.54, 1.807) is 0 Å². The van der Waals surface area contributed by atoms with Gasteiger partial charge in [0.2, 0.25) is 0 Å². The van der Waals surface area contributed by atoms with Crippen molar-refractivity contribution < 1.29 is 8.83 Å². The monoisotopic (exact) mass is 799 g/mol. The molecule has 0 fully saturated rings. The third-order valence-corrected chi connectivity index (χ3v) is 13.4. The lowest BCUT2D eigenvalue weighted by Crippen LogP contribution is -2.18. The summed E-state index contributed by atoms with van der Waals surface area (Å²) in [6, 6.07) is 56.5. The number of aliphatic imine (C=N–C) groups is 2. The summed E-state index contributed by atoms with van der Waals surface area (Å²) in [7, 11) is 0. The van der Waals surface area contributed by atoms with E-state index in [1.165, 1.54) is 48.8 Å². The van der Waals surface area contributed by atoms with Crippen molar-refractivity contribution in [1.29, 1.82) is 0 Å². The molecule has 4 heterocycles. The molecule has 0 radical (unpaired) electrons. The van der Waals surface area contributed by atoms with Crippen LogP contribution in [0.2, 0.25) is 0 Å². The van der Waals surface area contributed by atoms with E-state index < -0.39 is 0 Å². The first-order chi connectivity index (χ1) is 30.6. The molecule has 0 bridgehead atoms. The molecule has 8 aromatic carbocycles. The molecular weight excluding hydrogens is 759 g/mol. The minimum absolute atomic E-state index is 0.0371. The van der Waals surface area contributed by atoms with E-state index in [0.717, 1.165) is 105 Å². The van der Waals surface area contributed by atoms with Gasteiger partial charge in [0, 0.05) is 62.0 Å². The predicted octanol–water partition coefficient (Wildman–Crippen LogP) is 14.9. The fraction of sp³-hybridized carbons (Fsp3) is 0.123. The summed E-state index contributed by atoms with van der Waals surface area (Å²) in [6.45, 7) is 2.32. The third kappa shape index (κ3) is 5.41. The molecule has 0 spiro atoms. The maximum absolute atomic E-state index is 6.94. The average Bonchev–Trinajstić information content (AvgIpc) is 3.99. The zero-order valence-electron chi connectivity index (χ0n) is 34.4. The van der Waals surface area contributed by atoms with E-state index in [4.69, 9.17) is 18.8 Å². The second kappa shape index (κ2) is 13.8. The standard InChI is InChI=1S/C57H41N3O2/c1-34-28-29-48(40-22-12-17-35-14-4-5-18-39(35)40)58-57(45-24-13-23-43-42-20-7-10-26-51(42)62-56(43)45)59-55(34)47-32-38(33-53-54(47)44-21-8-11-27-52(44)61-53)60-49-25-9-6-19-41(49)46-30-36-15-2-3-16-37(36)31-50(46)60/h2-7,9-10,12-20,22-26,29-34H,8,11,21,27-28H2,1H3/b48-29+,58-57-,59-55+/t34-/m1/s1. The SMILES string of the molecule is C[C@@H]1C/C=C(c2cccc3ccccc23)/N=C(c2cccc3c2oc2ccccc23)\N=C/1c1cc(-n2c3ccccc3c3cc4ccccc4cc32)cc2oc3c(c12)CCCC3. The Labute approximate surface area is 357 Å². The van der Waals surface area contributed by atoms with Crippen molar-refractivity contribution in [2.24, 2.45) is 15.9 Å². The molecule has 2 aliphatic rings. The van der Waals surface area contributed by atoms with Gasteiger partial charge in [0.05, 0.1) is 33.7 Å². The number of rotatable bonds is 4. The van der Waals surface area contributed by atoms with E-state index in [-0.39, 0.29) is 5.92 Å². The van der Waals surface area contributed by atoms with Gasteiger partial charge in [-0.2, -0.15) is 0 Å². The number of para-hydroxylation sites is 3. The number of hydrogen-bond acceptors (Lipinski definition) is 4. The first kappa shape index (κ1) is 35.3. The summed E-state index contributed by atoms with van der Waals surface area (Å²) in [6.07, 6.45) is 7.29. The van der Waals surface area contributed by atoms with Gasteiger partial charge in [-0.3, -0.25) is 0 Å². The maximum Gasteiger partial charge on any atom is 0.163 e. The van der Waals surface area contributed by atoms with Gasteiger partial charge in [-0.05, 0) is 83.6 Å². The van der Waals surface area contributed by atoms with E-state index in [9.17, 15) is 0 Å². The molecule has 296 valence electrons. The van der Waals surface area contributed by atoms with Crippen LogP contribution in [-0.2, 0) is 12.8 Å². The lowest BCUT2D eigenvalue weighted by Gasteiger charge is -2.21.